The minimum atomic E-state index is -0.103. The van der Waals surface area contributed by atoms with Crippen LogP contribution in [0.4, 0.5) is 5.00 Å². The average molecular weight is 438 g/mol. The molecule has 0 aliphatic rings. The minimum absolute atomic E-state index is 0.0328. The highest BCUT2D eigenvalue weighted by atomic mass is 35.5. The summed E-state index contributed by atoms with van der Waals surface area (Å²) in [5.74, 6) is 7.07. The molecular weight excluding hydrogens is 414 g/mol. The number of halogens is 1. The van der Waals surface area contributed by atoms with Gasteiger partial charge in [-0.15, -0.1) is 11.3 Å². The molecule has 0 saturated heterocycles. The van der Waals surface area contributed by atoms with Crippen molar-refractivity contribution in [1.82, 2.24) is 0 Å². The second kappa shape index (κ2) is 8.95. The molecule has 0 unspecified atom stereocenters. The van der Waals surface area contributed by atoms with Crippen molar-refractivity contribution in [1.29, 1.82) is 0 Å². The summed E-state index contributed by atoms with van der Waals surface area (Å²) >= 11 is 7.34. The first-order valence-corrected chi connectivity index (χ1v) is 10.7. The third kappa shape index (κ3) is 5.24. The van der Waals surface area contributed by atoms with Crippen LogP contribution in [0.3, 0.4) is 0 Å². The van der Waals surface area contributed by atoms with Crippen LogP contribution in [0, 0.1) is 17.3 Å². The standard InChI is InChI=1S/C25H24ClNO2S/c1-25(2,3)15-20-21(13-8-16-6-5-7-19(14-16)29-4)30-24(27)22(20)23(28)17-9-11-18(26)12-10-17/h5-7,9-12,14H,15,27H2,1-4H3. The number of ether oxygens (including phenoxy) is 1. The normalized spacial score (nSPS) is 11.0. The summed E-state index contributed by atoms with van der Waals surface area (Å²) in [6.07, 6.45) is 0.692. The molecule has 3 nitrogen and oxygen atoms in total. The smallest absolute Gasteiger partial charge is 0.196 e. The molecule has 2 aromatic carbocycles. The van der Waals surface area contributed by atoms with Crippen molar-refractivity contribution in [3.63, 3.8) is 0 Å². The van der Waals surface area contributed by atoms with Gasteiger partial charge in [0.1, 0.15) is 5.75 Å². The highest BCUT2D eigenvalue weighted by Gasteiger charge is 2.26. The molecule has 5 heteroatoms. The van der Waals surface area contributed by atoms with E-state index in [-0.39, 0.29) is 11.2 Å². The molecule has 0 amide bonds. The SMILES string of the molecule is COc1cccc(C#Cc2sc(N)c(C(=O)c3ccc(Cl)cc3)c2CC(C)(C)C)c1. The number of hydrogen-bond donors (Lipinski definition) is 1. The molecule has 0 spiro atoms. The van der Waals surface area contributed by atoms with E-state index < -0.39 is 0 Å². The summed E-state index contributed by atoms with van der Waals surface area (Å²) in [5, 5.41) is 1.08. The van der Waals surface area contributed by atoms with Gasteiger partial charge in [0.25, 0.3) is 0 Å². The van der Waals surface area contributed by atoms with Crippen LogP contribution in [0.1, 0.15) is 52.7 Å². The molecule has 1 heterocycles. The lowest BCUT2D eigenvalue weighted by atomic mass is 9.85. The number of carbonyl (C=O) groups excluding carboxylic acids is 1. The van der Waals surface area contributed by atoms with Crippen molar-refractivity contribution in [2.75, 3.05) is 12.8 Å². The molecule has 1 aromatic heterocycles. The van der Waals surface area contributed by atoms with Gasteiger partial charge in [0.2, 0.25) is 0 Å². The van der Waals surface area contributed by atoms with Crippen LogP contribution in [0.25, 0.3) is 0 Å². The van der Waals surface area contributed by atoms with Crippen molar-refractivity contribution in [2.24, 2.45) is 5.41 Å². The van der Waals surface area contributed by atoms with Crippen LogP contribution in [0.5, 0.6) is 5.75 Å². The molecule has 0 bridgehead atoms. The Morgan fingerprint density at radius 2 is 1.83 bits per heavy atom. The number of hydrogen-bond acceptors (Lipinski definition) is 4. The summed E-state index contributed by atoms with van der Waals surface area (Å²) in [6.45, 7) is 6.41. The first kappa shape index (κ1) is 22.0. The number of nitrogens with two attached hydrogens (primary N) is 1. The molecule has 0 radical (unpaired) electrons. The predicted molar refractivity (Wildman–Crippen MR) is 126 cm³/mol. The third-order valence-electron chi connectivity index (χ3n) is 4.46. The lowest BCUT2D eigenvalue weighted by molar-refractivity contribution is 0.103. The highest BCUT2D eigenvalue weighted by Crippen LogP contribution is 2.36. The van der Waals surface area contributed by atoms with Crippen LogP contribution >= 0.6 is 22.9 Å². The third-order valence-corrected chi connectivity index (χ3v) is 5.69. The topological polar surface area (TPSA) is 52.3 Å². The molecule has 3 rings (SSSR count). The highest BCUT2D eigenvalue weighted by molar-refractivity contribution is 7.17. The van der Waals surface area contributed by atoms with Crippen molar-refractivity contribution in [3.05, 3.63) is 80.7 Å². The number of methoxy groups -OCH3 is 1. The number of anilines is 1. The van der Waals surface area contributed by atoms with Gasteiger partial charge in [0.05, 0.1) is 22.6 Å². The summed E-state index contributed by atoms with van der Waals surface area (Å²) in [5.41, 5.74) is 9.15. The van der Waals surface area contributed by atoms with Crippen LogP contribution in [0.2, 0.25) is 5.02 Å². The fourth-order valence-corrected chi connectivity index (χ4v) is 4.17. The van der Waals surface area contributed by atoms with Crippen LogP contribution in [0.15, 0.2) is 48.5 Å². The summed E-state index contributed by atoms with van der Waals surface area (Å²) in [6, 6.07) is 14.5. The minimum Gasteiger partial charge on any atom is -0.497 e. The van der Waals surface area contributed by atoms with E-state index >= 15 is 0 Å². The molecule has 3 aromatic rings. The summed E-state index contributed by atoms with van der Waals surface area (Å²) in [4.78, 5) is 14.1. The second-order valence-electron chi connectivity index (χ2n) is 8.20. The fourth-order valence-electron chi connectivity index (χ4n) is 3.11. The maximum Gasteiger partial charge on any atom is 0.196 e. The Morgan fingerprint density at radius 3 is 2.47 bits per heavy atom. The van der Waals surface area contributed by atoms with Gasteiger partial charge in [0.15, 0.2) is 5.78 Å². The van der Waals surface area contributed by atoms with Gasteiger partial charge in [-0.3, -0.25) is 4.79 Å². The van der Waals surface area contributed by atoms with E-state index in [1.54, 1.807) is 31.4 Å². The van der Waals surface area contributed by atoms with Gasteiger partial charge in [-0.1, -0.05) is 50.3 Å². The van der Waals surface area contributed by atoms with E-state index in [2.05, 4.69) is 32.6 Å². The quantitative estimate of drug-likeness (QED) is 0.389. The largest absolute Gasteiger partial charge is 0.497 e. The van der Waals surface area contributed by atoms with E-state index in [1.807, 2.05) is 24.3 Å². The Labute approximate surface area is 186 Å². The molecule has 2 N–H and O–H groups in total. The second-order valence-corrected chi connectivity index (χ2v) is 9.69. The fraction of sp³-hybridized carbons (Fsp3) is 0.240. The first-order valence-electron chi connectivity index (χ1n) is 9.55. The van der Waals surface area contributed by atoms with Crippen molar-refractivity contribution >= 4 is 33.7 Å². The molecule has 0 saturated carbocycles. The lowest BCUT2D eigenvalue weighted by Gasteiger charge is -2.19. The Hall–Kier alpha value is -2.74. The molecule has 0 atom stereocenters. The maximum atomic E-state index is 13.3. The van der Waals surface area contributed by atoms with Gasteiger partial charge in [-0.25, -0.2) is 0 Å². The van der Waals surface area contributed by atoms with E-state index in [1.165, 1.54) is 11.3 Å². The molecular formula is C25H24ClNO2S. The zero-order valence-corrected chi connectivity index (χ0v) is 19.1. The van der Waals surface area contributed by atoms with Gasteiger partial charge < -0.3 is 10.5 Å². The Morgan fingerprint density at radius 1 is 1.13 bits per heavy atom. The van der Waals surface area contributed by atoms with Crippen LogP contribution < -0.4 is 10.5 Å². The van der Waals surface area contributed by atoms with Gasteiger partial charge in [0, 0.05) is 16.1 Å². The molecule has 0 aliphatic heterocycles. The average Bonchev–Trinajstić information content (AvgIpc) is 3.00. The summed E-state index contributed by atoms with van der Waals surface area (Å²) < 4.78 is 5.27. The van der Waals surface area contributed by atoms with Gasteiger partial charge >= 0.3 is 0 Å². The summed E-state index contributed by atoms with van der Waals surface area (Å²) in [7, 11) is 1.63. The predicted octanol–water partition coefficient (Wildman–Crippen LogP) is 6.21. The van der Waals surface area contributed by atoms with Gasteiger partial charge in [-0.05, 0) is 59.9 Å². The molecule has 154 valence electrons. The van der Waals surface area contributed by atoms with E-state index in [0.717, 1.165) is 21.8 Å². The number of carbonyl (C=O) groups is 1. The van der Waals surface area contributed by atoms with Crippen molar-refractivity contribution < 1.29 is 9.53 Å². The van der Waals surface area contributed by atoms with Crippen molar-refractivity contribution in [2.45, 2.75) is 27.2 Å². The number of benzene rings is 2. The lowest BCUT2D eigenvalue weighted by Crippen LogP contribution is -2.14. The number of thiophene rings is 1. The van der Waals surface area contributed by atoms with E-state index in [9.17, 15) is 4.79 Å². The van der Waals surface area contributed by atoms with Crippen molar-refractivity contribution in [3.8, 4) is 17.6 Å². The van der Waals surface area contributed by atoms with Crippen LogP contribution in [-0.4, -0.2) is 12.9 Å². The Bertz CT molecular complexity index is 1130. The molecule has 0 aliphatic carbocycles. The molecule has 30 heavy (non-hydrogen) atoms. The number of nitrogen functional groups attached to an aromatic ring is 1. The van der Waals surface area contributed by atoms with E-state index in [4.69, 9.17) is 22.1 Å². The van der Waals surface area contributed by atoms with E-state index in [0.29, 0.717) is 27.6 Å². The van der Waals surface area contributed by atoms with Gasteiger partial charge in [-0.2, -0.15) is 0 Å². The van der Waals surface area contributed by atoms with Crippen LogP contribution in [-0.2, 0) is 6.42 Å². The first-order chi connectivity index (χ1) is 14.2. The molecule has 0 fully saturated rings. The number of ketones is 1. The number of rotatable bonds is 4. The Balaban J connectivity index is 2.08. The zero-order valence-electron chi connectivity index (χ0n) is 17.5. The Kier molecular flexibility index (Phi) is 6.55. The zero-order chi connectivity index (χ0) is 21.9. The monoisotopic (exact) mass is 437 g/mol. The maximum absolute atomic E-state index is 13.3.